The number of benzene rings is 1. The summed E-state index contributed by atoms with van der Waals surface area (Å²) in [6, 6.07) is 7.29. The second kappa shape index (κ2) is 5.16. The van der Waals surface area contributed by atoms with Crippen molar-refractivity contribution in [2.75, 3.05) is 0 Å². The van der Waals surface area contributed by atoms with E-state index in [0.717, 1.165) is 5.56 Å². The van der Waals surface area contributed by atoms with E-state index in [9.17, 15) is 4.79 Å². The summed E-state index contributed by atoms with van der Waals surface area (Å²) >= 11 is 0. The highest BCUT2D eigenvalue weighted by Gasteiger charge is 2.07. The van der Waals surface area contributed by atoms with Crippen molar-refractivity contribution in [2.45, 2.75) is 12.8 Å². The minimum atomic E-state index is -0.829. The molecule has 0 radical (unpaired) electrons. The molecule has 0 fully saturated rings. The zero-order valence-electron chi connectivity index (χ0n) is 9.00. The molecule has 1 aromatic carbocycles. The zero-order chi connectivity index (χ0) is 12.1. The van der Waals surface area contributed by atoms with Crippen LogP contribution in [0, 0.1) is 0 Å². The molecule has 17 heavy (non-hydrogen) atoms. The van der Waals surface area contributed by atoms with Crippen LogP contribution in [0.5, 0.6) is 11.5 Å². The number of hydrogen-bond acceptors (Lipinski definition) is 4. The van der Waals surface area contributed by atoms with Gasteiger partial charge in [0.25, 0.3) is 0 Å². The molecule has 0 aliphatic heterocycles. The number of aromatic nitrogens is 1. The predicted molar refractivity (Wildman–Crippen MR) is 59.0 cm³/mol. The van der Waals surface area contributed by atoms with Gasteiger partial charge in [0, 0.05) is 6.42 Å². The monoisotopic (exact) mass is 233 g/mol. The first-order chi connectivity index (χ1) is 8.25. The lowest BCUT2D eigenvalue weighted by Gasteiger charge is -2.07. The van der Waals surface area contributed by atoms with Crippen molar-refractivity contribution in [3.05, 3.63) is 42.3 Å². The maximum absolute atomic E-state index is 10.5. The van der Waals surface area contributed by atoms with E-state index in [-0.39, 0.29) is 6.42 Å². The summed E-state index contributed by atoms with van der Waals surface area (Å²) in [5.41, 5.74) is 0.844. The van der Waals surface area contributed by atoms with Gasteiger partial charge < -0.3 is 14.4 Å². The molecule has 2 aromatic rings. The van der Waals surface area contributed by atoms with Crippen LogP contribution in [0.2, 0.25) is 0 Å². The van der Waals surface area contributed by atoms with Gasteiger partial charge in [-0.2, -0.15) is 0 Å². The van der Waals surface area contributed by atoms with Crippen molar-refractivity contribution in [3.63, 3.8) is 0 Å². The summed E-state index contributed by atoms with van der Waals surface area (Å²) in [4.78, 5) is 10.5. The van der Waals surface area contributed by atoms with E-state index in [0.29, 0.717) is 17.9 Å². The van der Waals surface area contributed by atoms with Crippen LogP contribution in [0.25, 0.3) is 0 Å². The van der Waals surface area contributed by atoms with E-state index < -0.39 is 5.97 Å². The molecule has 0 aliphatic rings. The summed E-state index contributed by atoms with van der Waals surface area (Å²) < 4.78 is 10.2. The van der Waals surface area contributed by atoms with E-state index in [1.54, 1.807) is 6.07 Å². The Labute approximate surface area is 97.6 Å². The van der Waals surface area contributed by atoms with Crippen molar-refractivity contribution in [1.82, 2.24) is 5.16 Å². The molecular weight excluding hydrogens is 222 g/mol. The van der Waals surface area contributed by atoms with Crippen LogP contribution in [0.1, 0.15) is 12.0 Å². The SMILES string of the molecule is O=C(O)CCc1ccccc1Oc1cnoc1. The Kier molecular flexibility index (Phi) is 3.40. The molecule has 1 N–H and O–H groups in total. The van der Waals surface area contributed by atoms with Crippen LogP contribution >= 0.6 is 0 Å². The molecule has 5 heteroatoms. The highest BCUT2D eigenvalue weighted by molar-refractivity contribution is 5.67. The number of carbonyl (C=O) groups is 1. The first-order valence-electron chi connectivity index (χ1n) is 5.12. The number of carboxylic acids is 1. The van der Waals surface area contributed by atoms with E-state index in [1.165, 1.54) is 12.5 Å². The maximum Gasteiger partial charge on any atom is 0.303 e. The van der Waals surface area contributed by atoms with Gasteiger partial charge >= 0.3 is 5.97 Å². The molecule has 0 atom stereocenters. The predicted octanol–water partition coefficient (Wildman–Crippen LogP) is 2.48. The number of carboxylic acid groups (broad SMARTS) is 1. The minimum absolute atomic E-state index is 0.0734. The van der Waals surface area contributed by atoms with Crippen LogP contribution < -0.4 is 4.74 Å². The smallest absolute Gasteiger partial charge is 0.303 e. The van der Waals surface area contributed by atoms with Gasteiger partial charge in [-0.1, -0.05) is 23.4 Å². The summed E-state index contributed by atoms with van der Waals surface area (Å²) in [6.45, 7) is 0. The molecule has 0 bridgehead atoms. The van der Waals surface area contributed by atoms with Gasteiger partial charge in [0.1, 0.15) is 11.9 Å². The molecular formula is C12H11NO4. The summed E-state index contributed by atoms with van der Waals surface area (Å²) in [5.74, 6) is 0.287. The van der Waals surface area contributed by atoms with Gasteiger partial charge in [-0.15, -0.1) is 0 Å². The van der Waals surface area contributed by atoms with Gasteiger partial charge in [-0.05, 0) is 18.1 Å². The lowest BCUT2D eigenvalue weighted by Crippen LogP contribution is -1.99. The van der Waals surface area contributed by atoms with Crippen molar-refractivity contribution in [1.29, 1.82) is 0 Å². The Balaban J connectivity index is 2.13. The molecule has 2 rings (SSSR count). The van der Waals surface area contributed by atoms with Crippen LogP contribution in [-0.2, 0) is 11.2 Å². The molecule has 0 saturated carbocycles. The molecule has 0 aliphatic carbocycles. The maximum atomic E-state index is 10.5. The number of aryl methyl sites for hydroxylation is 1. The second-order valence-electron chi connectivity index (χ2n) is 3.46. The Morgan fingerprint density at radius 1 is 1.41 bits per heavy atom. The zero-order valence-corrected chi connectivity index (χ0v) is 9.00. The number of ether oxygens (including phenoxy) is 1. The van der Waals surface area contributed by atoms with Crippen molar-refractivity contribution >= 4 is 5.97 Å². The van der Waals surface area contributed by atoms with E-state index in [4.69, 9.17) is 9.84 Å². The van der Waals surface area contributed by atoms with Crippen LogP contribution in [0.15, 0.2) is 41.2 Å². The third-order valence-electron chi connectivity index (χ3n) is 2.22. The quantitative estimate of drug-likeness (QED) is 0.858. The van der Waals surface area contributed by atoms with Gasteiger partial charge in [-0.3, -0.25) is 4.79 Å². The lowest BCUT2D eigenvalue weighted by atomic mass is 10.1. The average Bonchev–Trinajstić information content (AvgIpc) is 2.80. The number of para-hydroxylation sites is 1. The third-order valence-corrected chi connectivity index (χ3v) is 2.22. The highest BCUT2D eigenvalue weighted by atomic mass is 16.5. The Bertz CT molecular complexity index is 493. The summed E-state index contributed by atoms with van der Waals surface area (Å²) in [7, 11) is 0. The molecule has 0 spiro atoms. The Morgan fingerprint density at radius 2 is 2.24 bits per heavy atom. The second-order valence-corrected chi connectivity index (χ2v) is 3.46. The van der Waals surface area contributed by atoms with Gasteiger partial charge in [0.15, 0.2) is 12.0 Å². The number of rotatable bonds is 5. The van der Waals surface area contributed by atoms with Crippen molar-refractivity contribution in [3.8, 4) is 11.5 Å². The fourth-order valence-corrected chi connectivity index (χ4v) is 1.42. The molecule has 5 nitrogen and oxygen atoms in total. The molecule has 0 saturated heterocycles. The molecule has 1 aromatic heterocycles. The summed E-state index contributed by atoms with van der Waals surface area (Å²) in [5, 5.41) is 12.2. The lowest BCUT2D eigenvalue weighted by molar-refractivity contribution is -0.136. The number of nitrogens with zero attached hydrogens (tertiary/aromatic N) is 1. The number of aliphatic carboxylic acids is 1. The third kappa shape index (κ3) is 3.07. The van der Waals surface area contributed by atoms with E-state index in [1.807, 2.05) is 18.2 Å². The fraction of sp³-hybridized carbons (Fsp3) is 0.167. The normalized spacial score (nSPS) is 10.1. The average molecular weight is 233 g/mol. The Hall–Kier alpha value is -2.30. The molecule has 88 valence electrons. The van der Waals surface area contributed by atoms with Gasteiger partial charge in [-0.25, -0.2) is 0 Å². The first-order valence-corrected chi connectivity index (χ1v) is 5.12. The fourth-order valence-electron chi connectivity index (χ4n) is 1.42. The minimum Gasteiger partial charge on any atom is -0.481 e. The number of hydrogen-bond donors (Lipinski definition) is 1. The van der Waals surface area contributed by atoms with Crippen molar-refractivity contribution < 1.29 is 19.2 Å². The van der Waals surface area contributed by atoms with Crippen LogP contribution in [0.4, 0.5) is 0 Å². The molecule has 1 heterocycles. The highest BCUT2D eigenvalue weighted by Crippen LogP contribution is 2.25. The Morgan fingerprint density at radius 3 is 2.94 bits per heavy atom. The topological polar surface area (TPSA) is 72.6 Å². The first kappa shape index (κ1) is 11.2. The summed E-state index contributed by atoms with van der Waals surface area (Å²) in [6.07, 6.45) is 3.34. The van der Waals surface area contributed by atoms with Gasteiger partial charge in [0.05, 0.1) is 0 Å². The van der Waals surface area contributed by atoms with E-state index in [2.05, 4.69) is 9.68 Å². The molecule has 0 unspecified atom stereocenters. The van der Waals surface area contributed by atoms with Crippen LogP contribution in [0.3, 0.4) is 0 Å². The standard InChI is InChI=1S/C12H11NO4/c14-12(15)6-5-9-3-1-2-4-11(9)17-10-7-13-16-8-10/h1-4,7-8H,5-6H2,(H,14,15). The largest absolute Gasteiger partial charge is 0.481 e. The van der Waals surface area contributed by atoms with Crippen LogP contribution in [-0.4, -0.2) is 16.2 Å². The van der Waals surface area contributed by atoms with Crippen molar-refractivity contribution in [2.24, 2.45) is 0 Å². The van der Waals surface area contributed by atoms with E-state index >= 15 is 0 Å². The molecule has 0 amide bonds. The van der Waals surface area contributed by atoms with Gasteiger partial charge in [0.2, 0.25) is 0 Å².